The topological polar surface area (TPSA) is 84.9 Å². The SMILES string of the molecule is CCN(CC)S(=O)(=O)c1ccc(Cl)c(NC(=O)/C=C/c2cccc(OC)c2OC(F)F)c1. The molecule has 0 aromatic heterocycles. The highest BCUT2D eigenvalue weighted by molar-refractivity contribution is 7.89. The lowest BCUT2D eigenvalue weighted by atomic mass is 10.1. The molecule has 11 heteroatoms. The summed E-state index contributed by atoms with van der Waals surface area (Å²) >= 11 is 6.11. The van der Waals surface area contributed by atoms with Gasteiger partial charge in [0.15, 0.2) is 11.5 Å². The Kier molecular flexibility index (Phi) is 8.99. The van der Waals surface area contributed by atoms with Gasteiger partial charge in [-0.15, -0.1) is 0 Å². The maximum absolute atomic E-state index is 12.7. The van der Waals surface area contributed by atoms with Crippen LogP contribution in [0.2, 0.25) is 5.02 Å². The summed E-state index contributed by atoms with van der Waals surface area (Å²) in [6.07, 6.45) is 2.34. The third kappa shape index (κ3) is 6.18. The van der Waals surface area contributed by atoms with Gasteiger partial charge in [-0.05, 0) is 30.3 Å². The van der Waals surface area contributed by atoms with Crippen molar-refractivity contribution in [1.29, 1.82) is 0 Å². The molecule has 2 aromatic rings. The minimum absolute atomic E-state index is 0.0229. The number of anilines is 1. The van der Waals surface area contributed by atoms with Gasteiger partial charge in [0, 0.05) is 24.7 Å². The Bertz CT molecular complexity index is 1090. The van der Waals surface area contributed by atoms with Crippen molar-refractivity contribution in [3.8, 4) is 11.5 Å². The van der Waals surface area contributed by atoms with Crippen LogP contribution in [0, 0.1) is 0 Å². The van der Waals surface area contributed by atoms with Crippen molar-refractivity contribution in [2.24, 2.45) is 0 Å². The van der Waals surface area contributed by atoms with E-state index in [0.29, 0.717) is 0 Å². The Labute approximate surface area is 190 Å². The molecule has 0 spiro atoms. The van der Waals surface area contributed by atoms with Crippen LogP contribution in [-0.4, -0.2) is 45.4 Å². The Morgan fingerprint density at radius 2 is 1.91 bits per heavy atom. The molecule has 0 aliphatic carbocycles. The number of hydrogen-bond donors (Lipinski definition) is 1. The summed E-state index contributed by atoms with van der Waals surface area (Å²) in [4.78, 5) is 12.4. The van der Waals surface area contributed by atoms with E-state index in [4.69, 9.17) is 16.3 Å². The first-order valence-corrected chi connectivity index (χ1v) is 11.4. The normalized spacial score (nSPS) is 11.9. The fourth-order valence-corrected chi connectivity index (χ4v) is 4.50. The molecule has 0 saturated carbocycles. The molecule has 0 bridgehead atoms. The fraction of sp³-hybridized carbons (Fsp3) is 0.286. The third-order valence-corrected chi connectivity index (χ3v) is 6.76. The molecular formula is C21H23ClF2N2O5S. The lowest BCUT2D eigenvalue weighted by molar-refractivity contribution is -0.111. The number of benzene rings is 2. The quantitative estimate of drug-likeness (QED) is 0.493. The van der Waals surface area contributed by atoms with Gasteiger partial charge in [-0.1, -0.05) is 37.6 Å². The van der Waals surface area contributed by atoms with Crippen LogP contribution in [0.1, 0.15) is 19.4 Å². The van der Waals surface area contributed by atoms with Crippen molar-refractivity contribution < 1.29 is 31.5 Å². The molecule has 174 valence electrons. The number of nitrogens with zero attached hydrogens (tertiary/aromatic N) is 1. The molecule has 0 aliphatic rings. The van der Waals surface area contributed by atoms with E-state index in [2.05, 4.69) is 10.1 Å². The Balaban J connectivity index is 2.29. The molecule has 0 unspecified atom stereocenters. The van der Waals surface area contributed by atoms with E-state index in [-0.39, 0.29) is 45.8 Å². The molecule has 0 heterocycles. The summed E-state index contributed by atoms with van der Waals surface area (Å²) in [6.45, 7) is 0.927. The van der Waals surface area contributed by atoms with Crippen molar-refractivity contribution in [2.75, 3.05) is 25.5 Å². The highest BCUT2D eigenvalue weighted by Gasteiger charge is 2.22. The predicted octanol–water partition coefficient (Wildman–Crippen LogP) is 4.63. The van der Waals surface area contributed by atoms with E-state index >= 15 is 0 Å². The van der Waals surface area contributed by atoms with E-state index in [9.17, 15) is 22.0 Å². The number of amides is 1. The van der Waals surface area contributed by atoms with E-state index in [0.717, 1.165) is 6.08 Å². The van der Waals surface area contributed by atoms with Gasteiger partial charge in [0.1, 0.15) is 0 Å². The van der Waals surface area contributed by atoms with Gasteiger partial charge in [-0.25, -0.2) is 8.42 Å². The molecule has 0 atom stereocenters. The van der Waals surface area contributed by atoms with E-state index in [1.165, 1.54) is 47.8 Å². The zero-order valence-corrected chi connectivity index (χ0v) is 19.2. The number of halogens is 3. The smallest absolute Gasteiger partial charge is 0.387 e. The number of hydrogen-bond acceptors (Lipinski definition) is 5. The average Bonchev–Trinajstić information content (AvgIpc) is 2.74. The van der Waals surface area contributed by atoms with Crippen LogP contribution in [0.5, 0.6) is 11.5 Å². The number of alkyl halides is 2. The molecule has 0 saturated heterocycles. The van der Waals surface area contributed by atoms with Crippen molar-refractivity contribution in [3.63, 3.8) is 0 Å². The number of ether oxygens (including phenoxy) is 2. The molecule has 32 heavy (non-hydrogen) atoms. The number of rotatable bonds is 10. The first-order valence-electron chi connectivity index (χ1n) is 9.54. The second kappa shape index (κ2) is 11.3. The fourth-order valence-electron chi connectivity index (χ4n) is 2.85. The van der Waals surface area contributed by atoms with Crippen LogP contribution in [0.3, 0.4) is 0 Å². The minimum atomic E-state index is -3.75. The monoisotopic (exact) mass is 488 g/mol. The van der Waals surface area contributed by atoms with E-state index in [1.807, 2.05) is 0 Å². The van der Waals surface area contributed by atoms with Gasteiger partial charge in [-0.2, -0.15) is 13.1 Å². The van der Waals surface area contributed by atoms with Crippen LogP contribution in [-0.2, 0) is 14.8 Å². The molecule has 1 N–H and O–H groups in total. The van der Waals surface area contributed by atoms with Gasteiger partial charge in [0.2, 0.25) is 15.9 Å². The molecule has 0 fully saturated rings. The average molecular weight is 489 g/mol. The Hall–Kier alpha value is -2.69. The highest BCUT2D eigenvalue weighted by atomic mass is 35.5. The van der Waals surface area contributed by atoms with Crippen molar-refractivity contribution >= 4 is 39.3 Å². The second-order valence-electron chi connectivity index (χ2n) is 6.31. The predicted molar refractivity (Wildman–Crippen MR) is 119 cm³/mol. The molecule has 2 rings (SSSR count). The summed E-state index contributed by atoms with van der Waals surface area (Å²) in [7, 11) is -2.45. The van der Waals surface area contributed by atoms with Crippen molar-refractivity contribution in [3.05, 3.63) is 53.1 Å². The lowest BCUT2D eigenvalue weighted by Crippen LogP contribution is -2.30. The van der Waals surface area contributed by atoms with Crippen LogP contribution in [0.25, 0.3) is 6.08 Å². The standard InChI is InChI=1S/C21H23ClF2N2O5S/c1-4-26(5-2)32(28,29)15-10-11-16(22)17(13-15)25-19(27)12-9-14-7-6-8-18(30-3)20(14)31-21(23)24/h6-13,21H,4-5H2,1-3H3,(H,25,27)/b12-9+. The maximum atomic E-state index is 12.7. The summed E-state index contributed by atoms with van der Waals surface area (Å²) in [5.74, 6) is -0.806. The molecule has 1 amide bonds. The highest BCUT2D eigenvalue weighted by Crippen LogP contribution is 2.33. The van der Waals surface area contributed by atoms with Crippen LogP contribution in [0.4, 0.5) is 14.5 Å². The van der Waals surface area contributed by atoms with Crippen molar-refractivity contribution in [2.45, 2.75) is 25.4 Å². The molecule has 0 radical (unpaired) electrons. The minimum Gasteiger partial charge on any atom is -0.493 e. The summed E-state index contributed by atoms with van der Waals surface area (Å²) < 4.78 is 61.7. The van der Waals surface area contributed by atoms with Crippen molar-refractivity contribution in [1.82, 2.24) is 4.31 Å². The summed E-state index contributed by atoms with van der Waals surface area (Å²) in [6, 6.07) is 8.44. The van der Waals surface area contributed by atoms with Gasteiger partial charge >= 0.3 is 6.61 Å². The number of methoxy groups -OCH3 is 1. The largest absolute Gasteiger partial charge is 0.493 e. The Morgan fingerprint density at radius 3 is 2.50 bits per heavy atom. The number of sulfonamides is 1. The number of nitrogens with one attached hydrogen (secondary N) is 1. The second-order valence-corrected chi connectivity index (χ2v) is 8.66. The van der Waals surface area contributed by atoms with E-state index in [1.54, 1.807) is 19.9 Å². The van der Waals surface area contributed by atoms with Crippen LogP contribution < -0.4 is 14.8 Å². The number of para-hydroxylation sites is 1. The third-order valence-electron chi connectivity index (χ3n) is 4.39. The van der Waals surface area contributed by atoms with Gasteiger partial charge in [0.25, 0.3) is 0 Å². The summed E-state index contributed by atoms with van der Waals surface area (Å²) in [5, 5.41) is 2.63. The molecular weight excluding hydrogens is 466 g/mol. The number of carbonyl (C=O) groups is 1. The van der Waals surface area contributed by atoms with E-state index < -0.39 is 22.5 Å². The lowest BCUT2D eigenvalue weighted by Gasteiger charge is -2.19. The zero-order valence-electron chi connectivity index (χ0n) is 17.6. The van der Waals surface area contributed by atoms with Crippen LogP contribution in [0.15, 0.2) is 47.4 Å². The maximum Gasteiger partial charge on any atom is 0.387 e. The molecule has 7 nitrogen and oxygen atoms in total. The first kappa shape index (κ1) is 25.6. The Morgan fingerprint density at radius 1 is 1.22 bits per heavy atom. The van der Waals surface area contributed by atoms with Gasteiger partial charge in [-0.3, -0.25) is 4.79 Å². The summed E-state index contributed by atoms with van der Waals surface area (Å²) in [5.41, 5.74) is 0.271. The molecule has 0 aliphatic heterocycles. The van der Waals surface area contributed by atoms with Gasteiger partial charge < -0.3 is 14.8 Å². The first-order chi connectivity index (χ1) is 15.1. The molecule has 2 aromatic carbocycles. The van der Waals surface area contributed by atoms with Crippen LogP contribution >= 0.6 is 11.6 Å². The van der Waals surface area contributed by atoms with Gasteiger partial charge in [0.05, 0.1) is 22.7 Å². The zero-order chi connectivity index (χ0) is 23.9. The number of carbonyl (C=O) groups excluding carboxylic acids is 1.